The van der Waals surface area contributed by atoms with Crippen molar-refractivity contribution in [2.45, 2.75) is 59.3 Å². The summed E-state index contributed by atoms with van der Waals surface area (Å²) in [6.45, 7) is 11.4. The molecule has 0 radical (unpaired) electrons. The predicted molar refractivity (Wildman–Crippen MR) is 107 cm³/mol. The van der Waals surface area contributed by atoms with Crippen molar-refractivity contribution in [2.75, 3.05) is 59.5 Å². The van der Waals surface area contributed by atoms with E-state index >= 15 is 0 Å². The van der Waals surface area contributed by atoms with E-state index in [9.17, 15) is 9.59 Å². The highest BCUT2D eigenvalue weighted by atomic mass is 16.5. The molecule has 0 saturated carbocycles. The first-order chi connectivity index (χ1) is 13.6. The van der Waals surface area contributed by atoms with Gasteiger partial charge in [-0.15, -0.1) is 0 Å². The van der Waals surface area contributed by atoms with Crippen molar-refractivity contribution < 1.29 is 38.4 Å². The highest BCUT2D eigenvalue weighted by Gasteiger charge is 2.00. The fourth-order valence-corrected chi connectivity index (χ4v) is 1.92. The molecule has 0 atom stereocenters. The van der Waals surface area contributed by atoms with Crippen LogP contribution in [0.5, 0.6) is 0 Å². The first-order valence-electron chi connectivity index (χ1n) is 10.3. The number of hydrogen-bond donors (Lipinski definition) is 1. The average Bonchev–Trinajstić information content (AvgIpc) is 2.66. The standard InChI is InChI=1S/C11H22O4.C9H18O4/c1-3-13-9-10-14-8-6-5-7-11(12)15-4-2;1-2-12-7-8-13-6-4-3-5-9(10)11/h3-10H2,1-2H3;2-8H2,1H3,(H,10,11). The Bertz CT molecular complexity index is 336. The number of rotatable bonds is 19. The van der Waals surface area contributed by atoms with Gasteiger partial charge in [0.2, 0.25) is 0 Å². The summed E-state index contributed by atoms with van der Waals surface area (Å²) in [5.74, 6) is -0.860. The first-order valence-corrected chi connectivity index (χ1v) is 10.3. The van der Waals surface area contributed by atoms with E-state index in [0.29, 0.717) is 65.7 Å². The van der Waals surface area contributed by atoms with Crippen molar-refractivity contribution in [3.05, 3.63) is 0 Å². The topological polar surface area (TPSA) is 101 Å². The van der Waals surface area contributed by atoms with Gasteiger partial charge in [0.25, 0.3) is 0 Å². The molecule has 0 aliphatic rings. The van der Waals surface area contributed by atoms with E-state index in [1.165, 1.54) is 0 Å². The van der Waals surface area contributed by atoms with Crippen molar-refractivity contribution in [1.82, 2.24) is 0 Å². The zero-order valence-electron chi connectivity index (χ0n) is 17.9. The smallest absolute Gasteiger partial charge is 0.305 e. The molecule has 0 saturated heterocycles. The number of esters is 1. The van der Waals surface area contributed by atoms with Gasteiger partial charge in [-0.3, -0.25) is 9.59 Å². The van der Waals surface area contributed by atoms with Crippen LogP contribution in [0.25, 0.3) is 0 Å². The number of carboxylic acids is 1. The molecule has 0 rings (SSSR count). The summed E-state index contributed by atoms with van der Waals surface area (Å²) in [5.41, 5.74) is 0. The number of carbonyl (C=O) groups is 2. The van der Waals surface area contributed by atoms with E-state index in [-0.39, 0.29) is 12.4 Å². The van der Waals surface area contributed by atoms with Crippen molar-refractivity contribution in [3.8, 4) is 0 Å². The minimum atomic E-state index is -0.741. The molecule has 0 aromatic carbocycles. The molecule has 0 amide bonds. The summed E-state index contributed by atoms with van der Waals surface area (Å²) in [4.78, 5) is 21.0. The third-order valence-corrected chi connectivity index (χ3v) is 3.31. The molecule has 8 heteroatoms. The van der Waals surface area contributed by atoms with Crippen LogP contribution in [-0.2, 0) is 33.3 Å². The van der Waals surface area contributed by atoms with E-state index < -0.39 is 5.97 Å². The molecule has 0 bridgehead atoms. The highest BCUT2D eigenvalue weighted by molar-refractivity contribution is 5.69. The van der Waals surface area contributed by atoms with Crippen molar-refractivity contribution in [1.29, 1.82) is 0 Å². The fraction of sp³-hybridized carbons (Fsp3) is 0.900. The number of unbranched alkanes of at least 4 members (excludes halogenated alkanes) is 2. The number of ether oxygens (including phenoxy) is 5. The summed E-state index contributed by atoms with van der Waals surface area (Å²) in [7, 11) is 0. The Labute approximate surface area is 169 Å². The summed E-state index contributed by atoms with van der Waals surface area (Å²) >= 11 is 0. The molecule has 28 heavy (non-hydrogen) atoms. The Balaban J connectivity index is 0. The van der Waals surface area contributed by atoms with Gasteiger partial charge in [0.05, 0.1) is 33.0 Å². The molecule has 0 aliphatic heterocycles. The van der Waals surface area contributed by atoms with Crippen LogP contribution in [0, 0.1) is 0 Å². The minimum Gasteiger partial charge on any atom is -0.481 e. The van der Waals surface area contributed by atoms with Crippen molar-refractivity contribution in [2.24, 2.45) is 0 Å². The van der Waals surface area contributed by atoms with Crippen LogP contribution in [0.1, 0.15) is 59.3 Å². The second-order valence-corrected chi connectivity index (χ2v) is 5.73. The zero-order valence-corrected chi connectivity index (χ0v) is 17.9. The molecule has 0 aliphatic carbocycles. The van der Waals surface area contributed by atoms with E-state index in [1.807, 2.05) is 20.8 Å². The summed E-state index contributed by atoms with van der Waals surface area (Å²) in [6, 6.07) is 0. The molecule has 0 aromatic heterocycles. The van der Waals surface area contributed by atoms with Crippen LogP contribution in [0.2, 0.25) is 0 Å². The van der Waals surface area contributed by atoms with Gasteiger partial charge in [0.15, 0.2) is 0 Å². The van der Waals surface area contributed by atoms with Crippen LogP contribution in [0.15, 0.2) is 0 Å². The number of hydrogen-bond acceptors (Lipinski definition) is 7. The van der Waals surface area contributed by atoms with Crippen LogP contribution in [0.3, 0.4) is 0 Å². The van der Waals surface area contributed by atoms with Gasteiger partial charge in [-0.05, 0) is 46.5 Å². The summed E-state index contributed by atoms with van der Waals surface area (Å²) < 4.78 is 25.5. The van der Waals surface area contributed by atoms with Crippen molar-refractivity contribution >= 4 is 11.9 Å². The molecule has 0 aromatic rings. The molecule has 1 N–H and O–H groups in total. The number of carboxylic acid groups (broad SMARTS) is 1. The third kappa shape index (κ3) is 29.5. The highest BCUT2D eigenvalue weighted by Crippen LogP contribution is 1.98. The SMILES string of the molecule is CCOCCOCCCCC(=O)O.CCOCCOCCCCC(=O)OCC. The lowest BCUT2D eigenvalue weighted by Crippen LogP contribution is -2.06. The molecule has 0 spiro atoms. The van der Waals surface area contributed by atoms with Crippen LogP contribution >= 0.6 is 0 Å². The van der Waals surface area contributed by atoms with Gasteiger partial charge in [-0.25, -0.2) is 0 Å². The van der Waals surface area contributed by atoms with E-state index in [0.717, 1.165) is 25.9 Å². The lowest BCUT2D eigenvalue weighted by atomic mass is 10.2. The second kappa shape index (κ2) is 25.8. The van der Waals surface area contributed by atoms with Crippen LogP contribution in [-0.4, -0.2) is 76.5 Å². The zero-order chi connectivity index (χ0) is 21.3. The summed E-state index contributed by atoms with van der Waals surface area (Å²) in [6.07, 6.45) is 3.93. The quantitative estimate of drug-likeness (QED) is 0.257. The first kappa shape index (κ1) is 29.0. The molecular weight excluding hydrogens is 368 g/mol. The molecule has 168 valence electrons. The minimum absolute atomic E-state index is 0.119. The van der Waals surface area contributed by atoms with E-state index in [4.69, 9.17) is 28.8 Å². The Morgan fingerprint density at radius 1 is 0.607 bits per heavy atom. The van der Waals surface area contributed by atoms with E-state index in [2.05, 4.69) is 0 Å². The van der Waals surface area contributed by atoms with Gasteiger partial charge in [-0.1, -0.05) is 0 Å². The van der Waals surface area contributed by atoms with Gasteiger partial charge in [0, 0.05) is 39.3 Å². The van der Waals surface area contributed by atoms with Gasteiger partial charge in [-0.2, -0.15) is 0 Å². The molecule has 0 fully saturated rings. The van der Waals surface area contributed by atoms with Gasteiger partial charge in [0.1, 0.15) is 0 Å². The van der Waals surface area contributed by atoms with Crippen LogP contribution in [0.4, 0.5) is 0 Å². The lowest BCUT2D eigenvalue weighted by molar-refractivity contribution is -0.143. The third-order valence-electron chi connectivity index (χ3n) is 3.31. The number of aliphatic carboxylic acids is 1. The maximum Gasteiger partial charge on any atom is 0.305 e. The van der Waals surface area contributed by atoms with Crippen molar-refractivity contribution in [3.63, 3.8) is 0 Å². The monoisotopic (exact) mass is 408 g/mol. The maximum absolute atomic E-state index is 10.9. The second-order valence-electron chi connectivity index (χ2n) is 5.73. The lowest BCUT2D eigenvalue weighted by Gasteiger charge is -2.04. The maximum atomic E-state index is 10.9. The van der Waals surface area contributed by atoms with Crippen LogP contribution < -0.4 is 0 Å². The van der Waals surface area contributed by atoms with Gasteiger partial charge < -0.3 is 28.8 Å². The predicted octanol–water partition coefficient (Wildman–Crippen LogP) is 3.07. The molecule has 0 heterocycles. The van der Waals surface area contributed by atoms with Gasteiger partial charge >= 0.3 is 11.9 Å². The fourth-order valence-electron chi connectivity index (χ4n) is 1.92. The molecule has 8 nitrogen and oxygen atoms in total. The normalized spacial score (nSPS) is 10.2. The Morgan fingerprint density at radius 2 is 1.07 bits per heavy atom. The van der Waals surface area contributed by atoms with E-state index in [1.54, 1.807) is 0 Å². The Morgan fingerprint density at radius 3 is 1.50 bits per heavy atom. The molecule has 0 unspecified atom stereocenters. The average molecular weight is 409 g/mol. The Kier molecular flexibility index (Phi) is 26.7. The number of carbonyl (C=O) groups excluding carboxylic acids is 1. The largest absolute Gasteiger partial charge is 0.481 e. The molecular formula is C20H40O8. The Hall–Kier alpha value is -1.22. The summed E-state index contributed by atoms with van der Waals surface area (Å²) in [5, 5.41) is 8.33.